The summed E-state index contributed by atoms with van der Waals surface area (Å²) in [6.07, 6.45) is 16.4. The van der Waals surface area contributed by atoms with Gasteiger partial charge in [-0.2, -0.15) is 0 Å². The lowest BCUT2D eigenvalue weighted by Crippen LogP contribution is -2.52. The lowest BCUT2D eigenvalue weighted by molar-refractivity contribution is -0.420. The zero-order chi connectivity index (χ0) is 19.2. The van der Waals surface area contributed by atoms with Gasteiger partial charge >= 0.3 is 0 Å². The quantitative estimate of drug-likeness (QED) is 0.229. The summed E-state index contributed by atoms with van der Waals surface area (Å²) in [5, 5.41) is 0. The molecule has 3 nitrogen and oxygen atoms in total. The highest BCUT2D eigenvalue weighted by molar-refractivity contribution is 5.11. The monoisotopic (exact) mass is 366 g/mol. The number of ether oxygens (including phenoxy) is 3. The molecule has 2 rings (SSSR count). The van der Waals surface area contributed by atoms with Crippen LogP contribution in [-0.2, 0) is 14.2 Å². The van der Waals surface area contributed by atoms with Gasteiger partial charge in [-0.05, 0) is 57.8 Å². The van der Waals surface area contributed by atoms with E-state index >= 15 is 0 Å². The third-order valence-electron chi connectivity index (χ3n) is 6.19. The molecule has 1 fully saturated rings. The first-order valence-corrected chi connectivity index (χ1v) is 10.8. The smallest absolute Gasteiger partial charge is 0.286 e. The van der Waals surface area contributed by atoms with Crippen LogP contribution in [0.25, 0.3) is 0 Å². The van der Waals surface area contributed by atoms with Crippen molar-refractivity contribution in [3.05, 3.63) is 12.2 Å². The van der Waals surface area contributed by atoms with Crippen molar-refractivity contribution in [1.82, 2.24) is 0 Å². The molecule has 2 aliphatic rings. The Morgan fingerprint density at radius 1 is 0.923 bits per heavy atom. The van der Waals surface area contributed by atoms with E-state index < -0.39 is 5.97 Å². The Bertz CT molecular complexity index is 433. The average Bonchev–Trinajstić information content (AvgIpc) is 3.22. The summed E-state index contributed by atoms with van der Waals surface area (Å²) < 4.78 is 18.4. The largest absolute Gasteiger partial charge is 0.331 e. The molecule has 0 aromatic rings. The zero-order valence-electron chi connectivity index (χ0n) is 18.1. The molecule has 26 heavy (non-hydrogen) atoms. The van der Waals surface area contributed by atoms with E-state index in [1.165, 1.54) is 51.4 Å². The highest BCUT2D eigenvalue weighted by Gasteiger charge is 2.52. The van der Waals surface area contributed by atoms with Gasteiger partial charge in [0.15, 0.2) is 0 Å². The number of hydrogen-bond donors (Lipinski definition) is 0. The lowest BCUT2D eigenvalue weighted by atomic mass is 9.77. The van der Waals surface area contributed by atoms with E-state index in [-0.39, 0.29) is 11.5 Å². The van der Waals surface area contributed by atoms with Gasteiger partial charge in [-0.1, -0.05) is 57.6 Å². The van der Waals surface area contributed by atoms with E-state index in [1.807, 2.05) is 0 Å². The van der Waals surface area contributed by atoms with E-state index in [0.717, 1.165) is 12.3 Å². The molecular weight excluding hydrogens is 324 g/mol. The predicted molar refractivity (Wildman–Crippen MR) is 108 cm³/mol. The maximum absolute atomic E-state index is 6.43. The molecule has 0 amide bonds. The third kappa shape index (κ3) is 5.56. The van der Waals surface area contributed by atoms with E-state index in [1.54, 1.807) is 14.2 Å². The maximum atomic E-state index is 6.43. The molecule has 4 unspecified atom stereocenters. The Balaban J connectivity index is 2.09. The summed E-state index contributed by atoms with van der Waals surface area (Å²) in [6.45, 7) is 8.53. The van der Waals surface area contributed by atoms with Gasteiger partial charge in [0.2, 0.25) is 0 Å². The molecule has 0 N–H and O–H groups in total. The summed E-state index contributed by atoms with van der Waals surface area (Å²) in [7, 11) is 3.49. The molecule has 0 spiro atoms. The Hall–Kier alpha value is -0.380. The molecule has 4 atom stereocenters. The number of fused-ring (bicyclic) bond motifs is 2. The van der Waals surface area contributed by atoms with E-state index in [0.29, 0.717) is 11.8 Å². The van der Waals surface area contributed by atoms with Crippen LogP contribution in [0.4, 0.5) is 0 Å². The Labute approximate surface area is 161 Å². The van der Waals surface area contributed by atoms with E-state index in [4.69, 9.17) is 14.2 Å². The van der Waals surface area contributed by atoms with Crippen molar-refractivity contribution in [1.29, 1.82) is 0 Å². The SMILES string of the molecule is CCCCCCCCC(C1CC2C=CC1C2)C(OC)(OC)OC(C)(C)C. The van der Waals surface area contributed by atoms with Gasteiger partial charge < -0.3 is 14.2 Å². The normalized spacial score (nSPS) is 26.6. The lowest BCUT2D eigenvalue weighted by Gasteiger charge is -2.45. The van der Waals surface area contributed by atoms with Crippen LogP contribution >= 0.6 is 0 Å². The average molecular weight is 367 g/mol. The minimum absolute atomic E-state index is 0.280. The third-order valence-corrected chi connectivity index (χ3v) is 6.19. The second kappa shape index (κ2) is 9.71. The first-order valence-electron chi connectivity index (χ1n) is 10.8. The molecular formula is C23H42O3. The highest BCUT2D eigenvalue weighted by Crippen LogP contribution is 2.52. The van der Waals surface area contributed by atoms with Crippen LogP contribution < -0.4 is 0 Å². The van der Waals surface area contributed by atoms with Crippen LogP contribution in [0.15, 0.2) is 12.2 Å². The molecule has 0 aromatic carbocycles. The number of rotatable bonds is 12. The molecule has 1 saturated carbocycles. The standard InChI is InChI=1S/C23H42O3/c1-7-8-9-10-11-12-13-21(20-17-18-14-15-19(20)16-18)23(24-5,25-6)26-22(2,3)4/h14-15,18-21H,7-13,16-17H2,1-6H3. The first-order chi connectivity index (χ1) is 12.3. The zero-order valence-corrected chi connectivity index (χ0v) is 18.1. The molecule has 152 valence electrons. The molecule has 0 saturated heterocycles. The van der Waals surface area contributed by atoms with Gasteiger partial charge in [0.25, 0.3) is 5.97 Å². The Morgan fingerprint density at radius 3 is 2.08 bits per heavy atom. The van der Waals surface area contributed by atoms with Gasteiger partial charge in [-0.3, -0.25) is 0 Å². The maximum Gasteiger partial charge on any atom is 0.286 e. The second-order valence-corrected chi connectivity index (χ2v) is 9.33. The predicted octanol–water partition coefficient (Wildman–Crippen LogP) is 6.33. The van der Waals surface area contributed by atoms with Crippen molar-refractivity contribution >= 4 is 0 Å². The number of hydrogen-bond acceptors (Lipinski definition) is 3. The fourth-order valence-corrected chi connectivity index (χ4v) is 5.06. The van der Waals surface area contributed by atoms with E-state index in [2.05, 4.69) is 39.8 Å². The summed E-state index contributed by atoms with van der Waals surface area (Å²) >= 11 is 0. The van der Waals surface area contributed by atoms with Crippen LogP contribution in [-0.4, -0.2) is 25.8 Å². The van der Waals surface area contributed by atoms with Gasteiger partial charge in [0, 0.05) is 20.1 Å². The van der Waals surface area contributed by atoms with Crippen molar-refractivity contribution in [2.24, 2.45) is 23.7 Å². The minimum atomic E-state index is -0.940. The van der Waals surface area contributed by atoms with Gasteiger partial charge in [-0.15, -0.1) is 0 Å². The van der Waals surface area contributed by atoms with Crippen LogP contribution in [0.3, 0.4) is 0 Å². The fraction of sp³-hybridized carbons (Fsp3) is 0.913. The van der Waals surface area contributed by atoms with E-state index in [9.17, 15) is 0 Å². The van der Waals surface area contributed by atoms with Gasteiger partial charge in [0.1, 0.15) is 0 Å². The summed E-state index contributed by atoms with van der Waals surface area (Å²) in [5.41, 5.74) is -0.307. The molecule has 2 aliphatic carbocycles. The summed E-state index contributed by atoms with van der Waals surface area (Å²) in [4.78, 5) is 0. The summed E-state index contributed by atoms with van der Waals surface area (Å²) in [6, 6.07) is 0. The van der Waals surface area contributed by atoms with Crippen molar-refractivity contribution in [3.8, 4) is 0 Å². The number of unbranched alkanes of at least 4 members (excludes halogenated alkanes) is 5. The number of allylic oxidation sites excluding steroid dienone is 2. The van der Waals surface area contributed by atoms with Gasteiger partial charge in [-0.25, -0.2) is 0 Å². The molecule has 0 heterocycles. The molecule has 3 heteroatoms. The van der Waals surface area contributed by atoms with Crippen LogP contribution in [0.1, 0.15) is 85.5 Å². The fourth-order valence-electron chi connectivity index (χ4n) is 5.06. The molecule has 0 radical (unpaired) electrons. The first kappa shape index (κ1) is 21.9. The van der Waals surface area contributed by atoms with Crippen molar-refractivity contribution < 1.29 is 14.2 Å². The van der Waals surface area contributed by atoms with Crippen molar-refractivity contribution in [2.75, 3.05) is 14.2 Å². The topological polar surface area (TPSA) is 27.7 Å². The molecule has 0 aromatic heterocycles. The Morgan fingerprint density at radius 2 is 1.58 bits per heavy atom. The van der Waals surface area contributed by atoms with Crippen molar-refractivity contribution in [2.45, 2.75) is 97.1 Å². The number of methoxy groups -OCH3 is 2. The van der Waals surface area contributed by atoms with Crippen molar-refractivity contribution in [3.63, 3.8) is 0 Å². The minimum Gasteiger partial charge on any atom is -0.331 e. The Kier molecular flexibility index (Phi) is 8.18. The van der Waals surface area contributed by atoms with Crippen LogP contribution in [0.5, 0.6) is 0 Å². The van der Waals surface area contributed by atoms with Crippen LogP contribution in [0, 0.1) is 23.7 Å². The van der Waals surface area contributed by atoms with Gasteiger partial charge in [0.05, 0.1) is 5.60 Å². The highest BCUT2D eigenvalue weighted by atomic mass is 16.9. The molecule has 2 bridgehead atoms. The second-order valence-electron chi connectivity index (χ2n) is 9.33. The summed E-state index contributed by atoms with van der Waals surface area (Å²) in [5.74, 6) is 1.35. The molecule has 0 aliphatic heterocycles. The van der Waals surface area contributed by atoms with Crippen LogP contribution in [0.2, 0.25) is 0 Å².